The van der Waals surface area contributed by atoms with E-state index in [0.717, 1.165) is 5.56 Å². The van der Waals surface area contributed by atoms with Gasteiger partial charge in [0.15, 0.2) is 0 Å². The normalized spacial score (nSPS) is 17.2. The van der Waals surface area contributed by atoms with Gasteiger partial charge >= 0.3 is 0 Å². The summed E-state index contributed by atoms with van der Waals surface area (Å²) in [6.45, 7) is 0. The Kier molecular flexibility index (Phi) is 2.27. The molecular formula is C11H12N2. The molecule has 1 saturated carbocycles. The molecule has 2 heteroatoms. The van der Waals surface area contributed by atoms with E-state index in [-0.39, 0.29) is 0 Å². The molecule has 0 aliphatic heterocycles. The first-order chi connectivity index (χ1) is 6.42. The van der Waals surface area contributed by atoms with E-state index < -0.39 is 0 Å². The molecule has 0 radical (unpaired) electrons. The van der Waals surface area contributed by atoms with E-state index in [1.165, 1.54) is 31.2 Å². The number of hydrogen-bond donors (Lipinski definition) is 0. The van der Waals surface area contributed by atoms with Crippen molar-refractivity contribution in [2.24, 2.45) is 0 Å². The summed E-state index contributed by atoms with van der Waals surface area (Å²) in [5, 5.41) is 8.89. The molecule has 1 aliphatic rings. The molecule has 1 heterocycles. The molecule has 1 aliphatic carbocycles. The summed E-state index contributed by atoms with van der Waals surface area (Å²) in [4.78, 5) is 3.97. The molecule has 1 fully saturated rings. The average molecular weight is 172 g/mol. The molecule has 0 N–H and O–H groups in total. The van der Waals surface area contributed by atoms with Gasteiger partial charge in [0.05, 0.1) is 5.56 Å². The van der Waals surface area contributed by atoms with Crippen LogP contribution in [-0.4, -0.2) is 4.98 Å². The Balaban J connectivity index is 2.33. The number of aromatic nitrogens is 1. The Labute approximate surface area is 78.2 Å². The highest BCUT2D eigenvalue weighted by molar-refractivity contribution is 5.37. The van der Waals surface area contributed by atoms with Crippen LogP contribution < -0.4 is 0 Å². The standard InChI is InChI=1S/C11H12N2/c12-7-10-8-13-6-5-11(10)9-3-1-2-4-9/h5-6,8-9H,1-4H2. The first-order valence-electron chi connectivity index (χ1n) is 4.76. The Morgan fingerprint density at radius 2 is 2.15 bits per heavy atom. The molecule has 2 rings (SSSR count). The lowest BCUT2D eigenvalue weighted by molar-refractivity contribution is 0.719. The summed E-state index contributed by atoms with van der Waals surface area (Å²) in [7, 11) is 0. The molecule has 0 spiro atoms. The van der Waals surface area contributed by atoms with Gasteiger partial charge in [0, 0.05) is 12.4 Å². The molecule has 66 valence electrons. The Bertz CT molecular complexity index is 332. The van der Waals surface area contributed by atoms with Crippen LogP contribution in [-0.2, 0) is 0 Å². The number of hydrogen-bond acceptors (Lipinski definition) is 2. The van der Waals surface area contributed by atoms with E-state index in [4.69, 9.17) is 5.26 Å². The minimum Gasteiger partial charge on any atom is -0.263 e. The topological polar surface area (TPSA) is 36.7 Å². The molecule has 0 saturated heterocycles. The molecule has 0 unspecified atom stereocenters. The molecule has 0 bridgehead atoms. The van der Waals surface area contributed by atoms with Gasteiger partial charge in [-0.05, 0) is 30.4 Å². The summed E-state index contributed by atoms with van der Waals surface area (Å²) in [6.07, 6.45) is 8.54. The molecule has 0 atom stereocenters. The van der Waals surface area contributed by atoms with Gasteiger partial charge in [0.1, 0.15) is 6.07 Å². The lowest BCUT2D eigenvalue weighted by atomic mass is 9.95. The van der Waals surface area contributed by atoms with E-state index >= 15 is 0 Å². The maximum absolute atomic E-state index is 8.89. The Hall–Kier alpha value is -1.36. The molecule has 2 nitrogen and oxygen atoms in total. The van der Waals surface area contributed by atoms with Gasteiger partial charge in [0.2, 0.25) is 0 Å². The van der Waals surface area contributed by atoms with Gasteiger partial charge in [-0.1, -0.05) is 12.8 Å². The van der Waals surface area contributed by atoms with Crippen LogP contribution in [0.1, 0.15) is 42.7 Å². The maximum atomic E-state index is 8.89. The second kappa shape index (κ2) is 3.57. The van der Waals surface area contributed by atoms with Crippen LogP contribution >= 0.6 is 0 Å². The molecule has 1 aromatic heterocycles. The minimum absolute atomic E-state index is 0.609. The summed E-state index contributed by atoms with van der Waals surface area (Å²) < 4.78 is 0. The zero-order chi connectivity index (χ0) is 9.10. The van der Waals surface area contributed by atoms with Crippen molar-refractivity contribution in [1.82, 2.24) is 4.98 Å². The first kappa shape index (κ1) is 8.25. The highest BCUT2D eigenvalue weighted by Crippen LogP contribution is 2.35. The second-order valence-corrected chi connectivity index (χ2v) is 3.56. The van der Waals surface area contributed by atoms with Crippen molar-refractivity contribution < 1.29 is 0 Å². The summed E-state index contributed by atoms with van der Waals surface area (Å²) in [5.74, 6) is 0.609. The van der Waals surface area contributed by atoms with E-state index in [9.17, 15) is 0 Å². The van der Waals surface area contributed by atoms with Crippen molar-refractivity contribution in [2.75, 3.05) is 0 Å². The third-order valence-corrected chi connectivity index (χ3v) is 2.77. The fourth-order valence-corrected chi connectivity index (χ4v) is 2.09. The van der Waals surface area contributed by atoms with E-state index in [2.05, 4.69) is 11.1 Å². The molecular weight excluding hydrogens is 160 g/mol. The van der Waals surface area contributed by atoms with E-state index in [1.54, 1.807) is 12.4 Å². The van der Waals surface area contributed by atoms with E-state index in [1.807, 2.05) is 6.07 Å². The van der Waals surface area contributed by atoms with Crippen molar-refractivity contribution in [3.05, 3.63) is 29.6 Å². The minimum atomic E-state index is 0.609. The summed E-state index contributed by atoms with van der Waals surface area (Å²) in [6, 6.07) is 4.20. The van der Waals surface area contributed by atoms with Gasteiger partial charge in [-0.15, -0.1) is 0 Å². The highest BCUT2D eigenvalue weighted by Gasteiger charge is 2.19. The predicted molar refractivity (Wildman–Crippen MR) is 50.2 cm³/mol. The van der Waals surface area contributed by atoms with Crippen LogP contribution in [0.25, 0.3) is 0 Å². The second-order valence-electron chi connectivity index (χ2n) is 3.56. The average Bonchev–Trinajstić information content (AvgIpc) is 2.70. The van der Waals surface area contributed by atoms with Gasteiger partial charge in [-0.25, -0.2) is 0 Å². The third-order valence-electron chi connectivity index (χ3n) is 2.77. The monoisotopic (exact) mass is 172 g/mol. The van der Waals surface area contributed by atoms with Gasteiger partial charge < -0.3 is 0 Å². The van der Waals surface area contributed by atoms with Gasteiger partial charge in [-0.3, -0.25) is 4.98 Å². The smallest absolute Gasteiger partial charge is 0.101 e. The predicted octanol–water partition coefficient (Wildman–Crippen LogP) is 2.61. The highest BCUT2D eigenvalue weighted by atomic mass is 14.6. The number of rotatable bonds is 1. The Morgan fingerprint density at radius 3 is 2.85 bits per heavy atom. The van der Waals surface area contributed by atoms with Crippen LogP contribution in [0.15, 0.2) is 18.5 Å². The summed E-state index contributed by atoms with van der Waals surface area (Å²) in [5.41, 5.74) is 1.96. The molecule has 13 heavy (non-hydrogen) atoms. The van der Waals surface area contributed by atoms with Crippen LogP contribution in [0.3, 0.4) is 0 Å². The quantitative estimate of drug-likeness (QED) is 0.652. The molecule has 0 aromatic carbocycles. The SMILES string of the molecule is N#Cc1cnccc1C1CCCC1. The molecule has 1 aromatic rings. The van der Waals surface area contributed by atoms with Crippen LogP contribution in [0.2, 0.25) is 0 Å². The van der Waals surface area contributed by atoms with Crippen LogP contribution in [0, 0.1) is 11.3 Å². The van der Waals surface area contributed by atoms with Crippen molar-refractivity contribution in [3.8, 4) is 6.07 Å². The summed E-state index contributed by atoms with van der Waals surface area (Å²) >= 11 is 0. The van der Waals surface area contributed by atoms with E-state index in [0.29, 0.717) is 5.92 Å². The molecule has 0 amide bonds. The Morgan fingerprint density at radius 1 is 1.38 bits per heavy atom. The lowest BCUT2D eigenvalue weighted by Crippen LogP contribution is -1.96. The van der Waals surface area contributed by atoms with Crippen LogP contribution in [0.4, 0.5) is 0 Å². The zero-order valence-corrected chi connectivity index (χ0v) is 7.53. The van der Waals surface area contributed by atoms with Crippen molar-refractivity contribution in [2.45, 2.75) is 31.6 Å². The number of pyridine rings is 1. The third kappa shape index (κ3) is 1.55. The van der Waals surface area contributed by atoms with Crippen molar-refractivity contribution in [3.63, 3.8) is 0 Å². The fraction of sp³-hybridized carbons (Fsp3) is 0.455. The van der Waals surface area contributed by atoms with Gasteiger partial charge in [0.25, 0.3) is 0 Å². The largest absolute Gasteiger partial charge is 0.263 e. The van der Waals surface area contributed by atoms with Gasteiger partial charge in [-0.2, -0.15) is 5.26 Å². The maximum Gasteiger partial charge on any atom is 0.101 e. The van der Waals surface area contributed by atoms with Crippen LogP contribution in [0.5, 0.6) is 0 Å². The van der Waals surface area contributed by atoms with Crippen molar-refractivity contribution in [1.29, 1.82) is 5.26 Å². The first-order valence-corrected chi connectivity index (χ1v) is 4.76. The zero-order valence-electron chi connectivity index (χ0n) is 7.53. The number of nitriles is 1. The van der Waals surface area contributed by atoms with Crippen molar-refractivity contribution >= 4 is 0 Å². The number of nitrogens with zero attached hydrogens (tertiary/aromatic N) is 2. The lowest BCUT2D eigenvalue weighted by Gasteiger charge is -2.09. The fourth-order valence-electron chi connectivity index (χ4n) is 2.09.